The molecular weight excluding hydrogens is 208 g/mol. The Hall–Kier alpha value is -0.0800. The number of likely N-dealkylation sites (tertiary alicyclic amines) is 1. The fourth-order valence-electron chi connectivity index (χ4n) is 3.36. The molecule has 2 aliphatic rings. The molecule has 0 aromatic carbocycles. The average molecular weight is 238 g/mol. The Morgan fingerprint density at radius 2 is 2.00 bits per heavy atom. The minimum atomic E-state index is 0.270. The highest BCUT2D eigenvalue weighted by Gasteiger charge is 2.43. The molecule has 0 aromatic rings. The Labute approximate surface area is 107 Å². The van der Waals surface area contributed by atoms with Crippen molar-refractivity contribution in [3.8, 4) is 0 Å². The molecule has 100 valence electrons. The molecule has 2 heteroatoms. The van der Waals surface area contributed by atoms with E-state index in [0.717, 1.165) is 5.92 Å². The monoisotopic (exact) mass is 238 g/mol. The second-order valence-electron chi connectivity index (χ2n) is 7.16. The zero-order valence-electron chi connectivity index (χ0n) is 12.2. The third-order valence-corrected chi connectivity index (χ3v) is 4.82. The average Bonchev–Trinajstić information content (AvgIpc) is 2.62. The highest BCUT2D eigenvalue weighted by molar-refractivity contribution is 4.99. The van der Waals surface area contributed by atoms with Gasteiger partial charge >= 0.3 is 0 Å². The van der Waals surface area contributed by atoms with Crippen LogP contribution in [-0.4, -0.2) is 35.6 Å². The van der Waals surface area contributed by atoms with Gasteiger partial charge < -0.3 is 5.32 Å². The van der Waals surface area contributed by atoms with E-state index in [2.05, 4.69) is 37.9 Å². The molecule has 0 spiro atoms. The number of rotatable bonds is 4. The van der Waals surface area contributed by atoms with Gasteiger partial charge in [0.25, 0.3) is 0 Å². The molecule has 1 aliphatic heterocycles. The number of nitrogens with one attached hydrogen (secondary N) is 1. The first-order chi connectivity index (χ1) is 7.95. The largest absolute Gasteiger partial charge is 0.312 e. The van der Waals surface area contributed by atoms with Gasteiger partial charge in [0.05, 0.1) is 0 Å². The maximum absolute atomic E-state index is 3.66. The van der Waals surface area contributed by atoms with Crippen molar-refractivity contribution in [1.29, 1.82) is 0 Å². The van der Waals surface area contributed by atoms with Crippen molar-refractivity contribution in [2.75, 3.05) is 19.6 Å². The van der Waals surface area contributed by atoms with Crippen molar-refractivity contribution < 1.29 is 0 Å². The molecule has 0 bridgehead atoms. The summed E-state index contributed by atoms with van der Waals surface area (Å²) in [5.41, 5.74) is 0.878. The summed E-state index contributed by atoms with van der Waals surface area (Å²) in [4.78, 5) is 2.80. The second kappa shape index (κ2) is 4.89. The molecule has 1 saturated carbocycles. The van der Waals surface area contributed by atoms with Gasteiger partial charge in [-0.3, -0.25) is 4.90 Å². The lowest BCUT2D eigenvalue weighted by atomic mass is 9.73. The quantitative estimate of drug-likeness (QED) is 0.810. The van der Waals surface area contributed by atoms with Crippen LogP contribution in [-0.2, 0) is 0 Å². The van der Waals surface area contributed by atoms with Crippen molar-refractivity contribution in [2.45, 2.75) is 70.9 Å². The van der Waals surface area contributed by atoms with Crippen LogP contribution in [0.15, 0.2) is 0 Å². The Kier molecular flexibility index (Phi) is 3.84. The second-order valence-corrected chi connectivity index (χ2v) is 7.16. The topological polar surface area (TPSA) is 15.3 Å². The lowest BCUT2D eigenvalue weighted by Gasteiger charge is -2.49. The van der Waals surface area contributed by atoms with Gasteiger partial charge in [-0.15, -0.1) is 0 Å². The van der Waals surface area contributed by atoms with Crippen LogP contribution in [0.4, 0.5) is 0 Å². The Bertz CT molecular complexity index is 245. The SMILES string of the molecule is CCC1(N2CCC(CNC(C)(C)C)C2)CCC1. The third kappa shape index (κ3) is 3.03. The van der Waals surface area contributed by atoms with Crippen molar-refractivity contribution in [3.05, 3.63) is 0 Å². The minimum Gasteiger partial charge on any atom is -0.312 e. The Morgan fingerprint density at radius 3 is 2.47 bits per heavy atom. The maximum atomic E-state index is 3.66. The van der Waals surface area contributed by atoms with Crippen LogP contribution < -0.4 is 5.32 Å². The summed E-state index contributed by atoms with van der Waals surface area (Å²) < 4.78 is 0. The van der Waals surface area contributed by atoms with Crippen LogP contribution in [0.2, 0.25) is 0 Å². The van der Waals surface area contributed by atoms with Crippen molar-refractivity contribution in [2.24, 2.45) is 5.92 Å². The lowest BCUT2D eigenvalue weighted by Crippen LogP contribution is -2.52. The first kappa shape index (κ1) is 13.4. The summed E-state index contributed by atoms with van der Waals surface area (Å²) >= 11 is 0. The number of hydrogen-bond acceptors (Lipinski definition) is 2. The molecule has 17 heavy (non-hydrogen) atoms. The van der Waals surface area contributed by atoms with E-state index in [1.807, 2.05) is 0 Å². The molecule has 1 saturated heterocycles. The molecule has 0 aromatic heterocycles. The van der Waals surface area contributed by atoms with E-state index in [1.54, 1.807) is 0 Å². The van der Waals surface area contributed by atoms with Crippen molar-refractivity contribution >= 4 is 0 Å². The molecule has 1 N–H and O–H groups in total. The van der Waals surface area contributed by atoms with Gasteiger partial charge in [-0.25, -0.2) is 0 Å². The maximum Gasteiger partial charge on any atom is 0.0207 e. The van der Waals surface area contributed by atoms with E-state index in [-0.39, 0.29) is 5.54 Å². The normalized spacial score (nSPS) is 29.3. The van der Waals surface area contributed by atoms with Crippen LogP contribution >= 0.6 is 0 Å². The Balaban J connectivity index is 1.79. The van der Waals surface area contributed by atoms with E-state index in [9.17, 15) is 0 Å². The predicted octanol–water partition coefficient (Wildman–Crippen LogP) is 3.03. The molecule has 1 atom stereocenters. The summed E-state index contributed by atoms with van der Waals surface area (Å²) in [5, 5.41) is 3.66. The molecule has 0 amide bonds. The van der Waals surface area contributed by atoms with Gasteiger partial charge in [-0.2, -0.15) is 0 Å². The highest BCUT2D eigenvalue weighted by Crippen LogP contribution is 2.42. The van der Waals surface area contributed by atoms with Crippen LogP contribution in [0.25, 0.3) is 0 Å². The minimum absolute atomic E-state index is 0.270. The standard InChI is InChI=1S/C15H30N2/c1-5-15(8-6-9-15)17-10-7-13(12-17)11-16-14(2,3)4/h13,16H,5-12H2,1-4H3. The summed E-state index contributed by atoms with van der Waals surface area (Å²) in [5.74, 6) is 0.873. The fourth-order valence-corrected chi connectivity index (χ4v) is 3.36. The van der Waals surface area contributed by atoms with Gasteiger partial charge in [0.15, 0.2) is 0 Å². The highest BCUT2D eigenvalue weighted by atomic mass is 15.2. The van der Waals surface area contributed by atoms with E-state index in [1.165, 1.54) is 51.7 Å². The van der Waals surface area contributed by atoms with Crippen molar-refractivity contribution in [3.63, 3.8) is 0 Å². The molecular formula is C15H30N2. The first-order valence-electron chi connectivity index (χ1n) is 7.45. The van der Waals surface area contributed by atoms with E-state index < -0.39 is 0 Å². The lowest BCUT2D eigenvalue weighted by molar-refractivity contribution is 0.0290. The summed E-state index contributed by atoms with van der Waals surface area (Å²) in [6.07, 6.45) is 7.10. The van der Waals surface area contributed by atoms with Gasteiger partial charge in [0.1, 0.15) is 0 Å². The van der Waals surface area contributed by atoms with Crippen LogP contribution in [0.3, 0.4) is 0 Å². The Morgan fingerprint density at radius 1 is 1.29 bits per heavy atom. The molecule has 0 radical (unpaired) electrons. The van der Waals surface area contributed by atoms with E-state index >= 15 is 0 Å². The summed E-state index contributed by atoms with van der Waals surface area (Å²) in [6, 6.07) is 0. The predicted molar refractivity (Wildman–Crippen MR) is 74.3 cm³/mol. The molecule has 1 aliphatic carbocycles. The van der Waals surface area contributed by atoms with Gasteiger partial charge in [0, 0.05) is 17.6 Å². The first-order valence-corrected chi connectivity index (χ1v) is 7.45. The summed E-state index contributed by atoms with van der Waals surface area (Å²) in [7, 11) is 0. The van der Waals surface area contributed by atoms with E-state index in [4.69, 9.17) is 0 Å². The smallest absolute Gasteiger partial charge is 0.0207 e. The molecule has 1 heterocycles. The zero-order chi connectivity index (χ0) is 12.5. The fraction of sp³-hybridized carbons (Fsp3) is 1.00. The van der Waals surface area contributed by atoms with Crippen LogP contribution in [0.1, 0.15) is 59.8 Å². The molecule has 2 nitrogen and oxygen atoms in total. The van der Waals surface area contributed by atoms with Crippen LogP contribution in [0.5, 0.6) is 0 Å². The number of nitrogens with zero attached hydrogens (tertiary/aromatic N) is 1. The third-order valence-electron chi connectivity index (χ3n) is 4.82. The summed E-state index contributed by atoms with van der Waals surface area (Å²) in [6.45, 7) is 13.0. The molecule has 2 fully saturated rings. The van der Waals surface area contributed by atoms with Crippen molar-refractivity contribution in [1.82, 2.24) is 10.2 Å². The van der Waals surface area contributed by atoms with Gasteiger partial charge in [-0.1, -0.05) is 6.92 Å². The van der Waals surface area contributed by atoms with Crippen LogP contribution in [0, 0.1) is 5.92 Å². The van der Waals surface area contributed by atoms with Gasteiger partial charge in [-0.05, 0) is 71.9 Å². The number of hydrogen-bond donors (Lipinski definition) is 1. The zero-order valence-corrected chi connectivity index (χ0v) is 12.2. The molecule has 2 rings (SSSR count). The van der Waals surface area contributed by atoms with Gasteiger partial charge in [0.2, 0.25) is 0 Å². The van der Waals surface area contributed by atoms with E-state index in [0.29, 0.717) is 5.54 Å². The molecule has 1 unspecified atom stereocenters.